The van der Waals surface area contributed by atoms with Crippen molar-refractivity contribution in [1.82, 2.24) is 19.6 Å². The standard InChI is InChI=1S/C27H29N5O2.C4H10O.C2H6.C2H2/c1-18-22(17-23(33)34)25(31-14-12-27(2,3)13-15-31)32-26(28-18)29-24(30-32)21-11-7-10-20(16-21)19-8-5-4-6-9-19;1-4(2,3)5;2*1-2/h4-11,16H,12-15,17H2,1-3H3,(H,33,34);5H,1-3H3;1-2H3;1-2H. The van der Waals surface area contributed by atoms with Crippen LogP contribution in [0.4, 0.5) is 5.82 Å². The predicted octanol–water partition coefficient (Wildman–Crippen LogP) is 7.07. The van der Waals surface area contributed by atoms with Gasteiger partial charge >= 0.3 is 5.97 Å². The quantitative estimate of drug-likeness (QED) is 0.241. The van der Waals surface area contributed by atoms with Crippen LogP contribution in [0.2, 0.25) is 0 Å². The second-order valence-electron chi connectivity index (χ2n) is 12.0. The molecule has 0 saturated carbocycles. The first-order valence-electron chi connectivity index (χ1n) is 14.8. The third-order valence-corrected chi connectivity index (χ3v) is 6.74. The number of hydrogen-bond donors (Lipinski definition) is 2. The van der Waals surface area contributed by atoms with Crippen molar-refractivity contribution in [3.05, 3.63) is 65.9 Å². The summed E-state index contributed by atoms with van der Waals surface area (Å²) < 4.78 is 1.74. The number of aryl methyl sites for hydroxylation is 1. The highest BCUT2D eigenvalue weighted by atomic mass is 16.4. The fourth-order valence-electron chi connectivity index (χ4n) is 4.62. The molecule has 0 aliphatic carbocycles. The van der Waals surface area contributed by atoms with Crippen molar-refractivity contribution < 1.29 is 15.0 Å². The number of carbonyl (C=O) groups is 1. The highest BCUT2D eigenvalue weighted by Crippen LogP contribution is 2.35. The highest BCUT2D eigenvalue weighted by molar-refractivity contribution is 5.75. The highest BCUT2D eigenvalue weighted by Gasteiger charge is 2.30. The second kappa shape index (κ2) is 15.3. The lowest BCUT2D eigenvalue weighted by Crippen LogP contribution is -2.39. The summed E-state index contributed by atoms with van der Waals surface area (Å²) >= 11 is 0. The van der Waals surface area contributed by atoms with E-state index in [0.717, 1.165) is 48.4 Å². The molecule has 1 aliphatic rings. The minimum Gasteiger partial charge on any atom is -0.481 e. The van der Waals surface area contributed by atoms with E-state index in [9.17, 15) is 9.90 Å². The van der Waals surface area contributed by atoms with Gasteiger partial charge in [-0.3, -0.25) is 4.79 Å². The van der Waals surface area contributed by atoms with E-state index in [0.29, 0.717) is 22.9 Å². The average molecular weight is 586 g/mol. The molecular formula is C35H47N5O3. The van der Waals surface area contributed by atoms with Gasteiger partial charge in [0.05, 0.1) is 12.0 Å². The van der Waals surface area contributed by atoms with E-state index in [-0.39, 0.29) is 11.8 Å². The number of anilines is 1. The second-order valence-corrected chi connectivity index (χ2v) is 12.0. The first-order valence-corrected chi connectivity index (χ1v) is 14.8. The molecule has 3 heterocycles. The van der Waals surface area contributed by atoms with Crippen LogP contribution in [0.5, 0.6) is 0 Å². The maximum Gasteiger partial charge on any atom is 0.308 e. The number of nitrogens with zero attached hydrogens (tertiary/aromatic N) is 5. The van der Waals surface area contributed by atoms with Crippen LogP contribution in [-0.4, -0.2) is 54.5 Å². The van der Waals surface area contributed by atoms with Crippen molar-refractivity contribution in [2.75, 3.05) is 18.0 Å². The maximum atomic E-state index is 11.7. The Morgan fingerprint density at radius 1 is 0.930 bits per heavy atom. The number of aromatic nitrogens is 4. The third kappa shape index (κ3) is 9.93. The summed E-state index contributed by atoms with van der Waals surface area (Å²) in [6.07, 6.45) is 9.97. The van der Waals surface area contributed by atoms with Crippen molar-refractivity contribution in [1.29, 1.82) is 0 Å². The molecule has 0 amide bonds. The van der Waals surface area contributed by atoms with Crippen molar-refractivity contribution in [3.63, 3.8) is 0 Å². The minimum absolute atomic E-state index is 0.0946. The molecule has 4 aromatic rings. The predicted molar refractivity (Wildman–Crippen MR) is 176 cm³/mol. The maximum absolute atomic E-state index is 11.7. The number of aliphatic carboxylic acids is 1. The molecule has 2 aromatic carbocycles. The van der Waals surface area contributed by atoms with E-state index in [1.54, 1.807) is 25.3 Å². The van der Waals surface area contributed by atoms with Crippen LogP contribution in [0.3, 0.4) is 0 Å². The first kappa shape index (κ1) is 35.0. The molecule has 2 aromatic heterocycles. The van der Waals surface area contributed by atoms with Gasteiger partial charge in [-0.05, 0) is 63.1 Å². The Bertz CT molecular complexity index is 1480. The van der Waals surface area contributed by atoms with Crippen LogP contribution in [0.15, 0.2) is 54.6 Å². The number of carboxylic acid groups (broad SMARTS) is 1. The number of aliphatic hydroxyl groups is 1. The van der Waals surface area contributed by atoms with Crippen molar-refractivity contribution in [2.24, 2.45) is 5.41 Å². The molecule has 1 saturated heterocycles. The monoisotopic (exact) mass is 585 g/mol. The zero-order valence-corrected chi connectivity index (χ0v) is 26.9. The smallest absolute Gasteiger partial charge is 0.308 e. The summed E-state index contributed by atoms with van der Waals surface area (Å²) in [4.78, 5) is 23.3. The summed E-state index contributed by atoms with van der Waals surface area (Å²) in [7, 11) is 0. The van der Waals surface area contributed by atoms with Crippen LogP contribution in [0.25, 0.3) is 28.3 Å². The molecule has 0 unspecified atom stereocenters. The SMILES string of the molecule is C#C.CC.CC(C)(C)O.Cc1nc2nc(-c3cccc(-c4ccccc4)c3)nn2c(N2CCC(C)(C)CC2)c1CC(=O)O. The molecule has 0 spiro atoms. The molecule has 0 radical (unpaired) electrons. The zero-order valence-electron chi connectivity index (χ0n) is 26.9. The van der Waals surface area contributed by atoms with Crippen LogP contribution in [0.1, 0.15) is 72.6 Å². The normalized spacial score (nSPS) is 13.9. The van der Waals surface area contributed by atoms with E-state index < -0.39 is 11.6 Å². The fraction of sp³-hybridized carbons (Fsp3) is 0.429. The summed E-state index contributed by atoms with van der Waals surface area (Å²) in [6.45, 7) is 17.3. The van der Waals surface area contributed by atoms with Crippen molar-refractivity contribution in [2.45, 2.75) is 80.3 Å². The summed E-state index contributed by atoms with van der Waals surface area (Å²) in [5.74, 6) is 0.999. The molecule has 0 atom stereocenters. The summed E-state index contributed by atoms with van der Waals surface area (Å²) in [5, 5.41) is 23.0. The Hall–Kier alpha value is -4.22. The van der Waals surface area contributed by atoms with Gasteiger partial charge in [-0.1, -0.05) is 76.2 Å². The number of terminal acetylenes is 1. The molecule has 5 rings (SSSR count). The van der Waals surface area contributed by atoms with E-state index >= 15 is 0 Å². The molecule has 1 fully saturated rings. The number of piperidine rings is 1. The van der Waals surface area contributed by atoms with E-state index in [1.165, 1.54) is 0 Å². The van der Waals surface area contributed by atoms with Crippen molar-refractivity contribution in [3.8, 4) is 35.4 Å². The van der Waals surface area contributed by atoms with Gasteiger partial charge in [0.2, 0.25) is 0 Å². The van der Waals surface area contributed by atoms with Gasteiger partial charge in [0.1, 0.15) is 5.82 Å². The van der Waals surface area contributed by atoms with E-state index in [2.05, 4.69) is 60.8 Å². The average Bonchev–Trinajstić information content (AvgIpc) is 3.39. The first-order chi connectivity index (χ1) is 20.3. The lowest BCUT2D eigenvalue weighted by Gasteiger charge is -2.38. The van der Waals surface area contributed by atoms with E-state index in [1.807, 2.05) is 51.1 Å². The molecule has 230 valence electrons. The van der Waals surface area contributed by atoms with Gasteiger partial charge in [-0.15, -0.1) is 17.9 Å². The molecule has 8 heteroatoms. The number of fused-ring (bicyclic) bond motifs is 1. The van der Waals surface area contributed by atoms with Crippen LogP contribution < -0.4 is 4.90 Å². The van der Waals surface area contributed by atoms with Crippen molar-refractivity contribution >= 4 is 17.6 Å². The topological polar surface area (TPSA) is 104 Å². The van der Waals surface area contributed by atoms with Crippen LogP contribution in [0, 0.1) is 25.2 Å². The molecule has 43 heavy (non-hydrogen) atoms. The van der Waals surface area contributed by atoms with Gasteiger partial charge in [0, 0.05) is 29.9 Å². The van der Waals surface area contributed by atoms with Crippen LogP contribution in [-0.2, 0) is 11.2 Å². The Morgan fingerprint density at radius 3 is 2.02 bits per heavy atom. The lowest BCUT2D eigenvalue weighted by atomic mass is 9.82. The minimum atomic E-state index is -0.876. The van der Waals surface area contributed by atoms with E-state index in [4.69, 9.17) is 15.2 Å². The third-order valence-electron chi connectivity index (χ3n) is 6.74. The summed E-state index contributed by atoms with van der Waals surface area (Å²) in [5.41, 5.74) is 4.28. The number of hydrogen-bond acceptors (Lipinski definition) is 6. The van der Waals surface area contributed by atoms with Crippen LogP contribution >= 0.6 is 0 Å². The Balaban J connectivity index is 0.000000642. The number of carboxylic acids is 1. The summed E-state index contributed by atoms with van der Waals surface area (Å²) in [6, 6.07) is 18.4. The Morgan fingerprint density at radius 2 is 1.47 bits per heavy atom. The van der Waals surface area contributed by atoms with Gasteiger partial charge in [-0.2, -0.15) is 9.50 Å². The van der Waals surface area contributed by atoms with Gasteiger partial charge in [0.25, 0.3) is 5.78 Å². The number of rotatable bonds is 5. The number of benzene rings is 2. The Kier molecular flexibility index (Phi) is 12.5. The molecule has 8 nitrogen and oxygen atoms in total. The zero-order chi connectivity index (χ0) is 32.4. The largest absolute Gasteiger partial charge is 0.481 e. The van der Waals surface area contributed by atoms with Gasteiger partial charge in [0.15, 0.2) is 5.82 Å². The lowest BCUT2D eigenvalue weighted by molar-refractivity contribution is -0.136. The molecule has 1 aliphatic heterocycles. The molecule has 0 bridgehead atoms. The van der Waals surface area contributed by atoms with Gasteiger partial charge < -0.3 is 15.1 Å². The Labute approximate surface area is 256 Å². The fourth-order valence-corrected chi connectivity index (χ4v) is 4.62. The molecule has 2 N–H and O–H groups in total. The van der Waals surface area contributed by atoms with Gasteiger partial charge in [-0.25, -0.2) is 4.98 Å². The molecular weight excluding hydrogens is 538 g/mol.